The number of halogens is 2. The smallest absolute Gasteiger partial charge is 0.331 e. The lowest BCUT2D eigenvalue weighted by atomic mass is 10.1. The summed E-state index contributed by atoms with van der Waals surface area (Å²) >= 11 is 0. The second-order valence-electron chi connectivity index (χ2n) is 10.9. The van der Waals surface area contributed by atoms with E-state index >= 15 is 0 Å². The molecule has 0 aliphatic carbocycles. The highest BCUT2D eigenvalue weighted by Gasteiger charge is 2.26. The van der Waals surface area contributed by atoms with Gasteiger partial charge in [-0.2, -0.15) is 0 Å². The van der Waals surface area contributed by atoms with Crippen molar-refractivity contribution in [3.05, 3.63) is 128 Å². The van der Waals surface area contributed by atoms with Gasteiger partial charge in [0.15, 0.2) is 0 Å². The summed E-state index contributed by atoms with van der Waals surface area (Å²) in [4.78, 5) is 32.0. The molecule has 1 atom stereocenters. The number of nitrogens with two attached hydrogens (primary N) is 1. The first kappa shape index (κ1) is 30.2. The summed E-state index contributed by atoms with van der Waals surface area (Å²) in [7, 11) is 1.65. The summed E-state index contributed by atoms with van der Waals surface area (Å²) < 4.78 is 37.1. The van der Waals surface area contributed by atoms with Crippen LogP contribution in [-0.4, -0.2) is 53.9 Å². The van der Waals surface area contributed by atoms with Crippen molar-refractivity contribution in [2.24, 2.45) is 5.73 Å². The number of ether oxygens (including phenoxy) is 1. The summed E-state index contributed by atoms with van der Waals surface area (Å²) in [6.45, 7) is 4.64. The van der Waals surface area contributed by atoms with E-state index in [4.69, 9.17) is 10.5 Å². The zero-order chi connectivity index (χ0) is 30.5. The lowest BCUT2D eigenvalue weighted by Gasteiger charge is -2.37. The molecular formula is C33H37F2N5O3. The maximum absolute atomic E-state index is 14.7. The number of anilines is 1. The minimum atomic E-state index is -0.753. The molecule has 1 saturated heterocycles. The van der Waals surface area contributed by atoms with Gasteiger partial charge in [0.25, 0.3) is 5.56 Å². The molecule has 0 bridgehead atoms. The van der Waals surface area contributed by atoms with Gasteiger partial charge in [0, 0.05) is 50.0 Å². The van der Waals surface area contributed by atoms with Crippen LogP contribution >= 0.6 is 0 Å². The molecule has 1 fully saturated rings. The van der Waals surface area contributed by atoms with Crippen LogP contribution < -0.4 is 26.6 Å². The van der Waals surface area contributed by atoms with Crippen molar-refractivity contribution >= 4 is 5.69 Å². The summed E-state index contributed by atoms with van der Waals surface area (Å²) in [5, 5.41) is 0. The van der Waals surface area contributed by atoms with Crippen LogP contribution in [0.15, 0.2) is 82.4 Å². The van der Waals surface area contributed by atoms with Crippen LogP contribution in [0.25, 0.3) is 0 Å². The first-order valence-corrected chi connectivity index (χ1v) is 14.4. The summed E-state index contributed by atoms with van der Waals surface area (Å²) in [6.07, 6.45) is 0.861. The highest BCUT2D eigenvalue weighted by Crippen LogP contribution is 2.21. The monoisotopic (exact) mass is 589 g/mol. The third-order valence-corrected chi connectivity index (χ3v) is 8.18. The van der Waals surface area contributed by atoms with Crippen molar-refractivity contribution in [2.75, 3.05) is 44.7 Å². The van der Waals surface area contributed by atoms with E-state index in [0.717, 1.165) is 41.0 Å². The van der Waals surface area contributed by atoms with E-state index < -0.39 is 28.9 Å². The Bertz CT molecular complexity index is 1660. The Kier molecular flexibility index (Phi) is 9.37. The molecule has 226 valence electrons. The molecule has 1 aliphatic heterocycles. The van der Waals surface area contributed by atoms with E-state index in [9.17, 15) is 18.4 Å². The van der Waals surface area contributed by atoms with Gasteiger partial charge in [-0.05, 0) is 48.7 Å². The second-order valence-corrected chi connectivity index (χ2v) is 10.9. The first-order valence-electron chi connectivity index (χ1n) is 14.4. The van der Waals surface area contributed by atoms with Crippen molar-refractivity contribution < 1.29 is 13.5 Å². The summed E-state index contributed by atoms with van der Waals surface area (Å²) in [5.74, 6) is -0.682. The van der Waals surface area contributed by atoms with E-state index in [1.165, 1.54) is 16.2 Å². The molecule has 1 aliphatic rings. The third kappa shape index (κ3) is 6.71. The number of hydrogen-bond acceptors (Lipinski definition) is 6. The van der Waals surface area contributed by atoms with E-state index in [-0.39, 0.29) is 18.7 Å². The molecule has 0 amide bonds. The lowest BCUT2D eigenvalue weighted by molar-refractivity contribution is 0.260. The SMILES string of the molecule is COc1cccc(CCN2CCN(c3c(C)n(Cc4c(F)cccc4F)c(=O)n(C[C@H](N)c4ccccc4)c3=O)CC2)c1. The van der Waals surface area contributed by atoms with Gasteiger partial charge in [0.05, 0.1) is 20.2 Å². The molecule has 0 spiro atoms. The molecule has 8 nitrogen and oxygen atoms in total. The van der Waals surface area contributed by atoms with Gasteiger partial charge in [-0.15, -0.1) is 0 Å². The topological polar surface area (TPSA) is 85.7 Å². The van der Waals surface area contributed by atoms with Crippen molar-refractivity contribution in [3.8, 4) is 5.75 Å². The zero-order valence-electron chi connectivity index (χ0n) is 24.5. The highest BCUT2D eigenvalue weighted by molar-refractivity contribution is 5.50. The van der Waals surface area contributed by atoms with Crippen LogP contribution in [-0.2, 0) is 19.5 Å². The number of methoxy groups -OCH3 is 1. The number of aromatic nitrogens is 2. The Hall–Kier alpha value is -4.28. The van der Waals surface area contributed by atoms with Crippen LogP contribution in [0.3, 0.4) is 0 Å². The predicted molar refractivity (Wildman–Crippen MR) is 164 cm³/mol. The van der Waals surface area contributed by atoms with Gasteiger partial charge in [0.2, 0.25) is 0 Å². The largest absolute Gasteiger partial charge is 0.497 e. The van der Waals surface area contributed by atoms with Gasteiger partial charge in [-0.3, -0.25) is 18.8 Å². The molecule has 5 rings (SSSR count). The average molecular weight is 590 g/mol. The van der Waals surface area contributed by atoms with E-state index in [1.54, 1.807) is 14.0 Å². The van der Waals surface area contributed by atoms with Crippen molar-refractivity contribution in [3.63, 3.8) is 0 Å². The number of hydrogen-bond donors (Lipinski definition) is 1. The minimum Gasteiger partial charge on any atom is -0.497 e. The Morgan fingerprint density at radius 2 is 1.56 bits per heavy atom. The van der Waals surface area contributed by atoms with Gasteiger partial charge in [-0.1, -0.05) is 48.5 Å². The van der Waals surface area contributed by atoms with Crippen LogP contribution in [0.5, 0.6) is 5.75 Å². The number of nitrogens with zero attached hydrogens (tertiary/aromatic N) is 4. The van der Waals surface area contributed by atoms with Gasteiger partial charge in [0.1, 0.15) is 23.1 Å². The fraction of sp³-hybridized carbons (Fsp3) is 0.333. The standard InChI is InChI=1S/C33H37F2N5O3/c1-23-31(38-18-16-37(17-19-38)15-14-24-8-6-11-26(20-24)43-2)32(41)40(22-30(36)25-9-4-3-5-10-25)33(42)39(23)21-27-28(34)12-7-13-29(27)35/h3-13,20,30H,14-19,21-22,36H2,1-2H3/t30-/m0/s1. The maximum Gasteiger partial charge on any atom is 0.331 e. The van der Waals surface area contributed by atoms with Crippen molar-refractivity contribution in [2.45, 2.75) is 32.5 Å². The highest BCUT2D eigenvalue weighted by atomic mass is 19.1. The van der Waals surface area contributed by atoms with Gasteiger partial charge in [-0.25, -0.2) is 13.6 Å². The van der Waals surface area contributed by atoms with E-state index in [0.29, 0.717) is 37.6 Å². The van der Waals surface area contributed by atoms with Crippen LogP contribution in [0.2, 0.25) is 0 Å². The molecule has 0 unspecified atom stereocenters. The van der Waals surface area contributed by atoms with Gasteiger partial charge >= 0.3 is 5.69 Å². The quantitative estimate of drug-likeness (QED) is 0.304. The van der Waals surface area contributed by atoms with E-state index in [1.807, 2.05) is 53.4 Å². The Morgan fingerprint density at radius 1 is 0.884 bits per heavy atom. The minimum absolute atomic E-state index is 0.0742. The third-order valence-electron chi connectivity index (χ3n) is 8.18. The number of rotatable bonds is 10. The molecule has 0 radical (unpaired) electrons. The predicted octanol–water partition coefficient (Wildman–Crippen LogP) is 3.72. The number of benzene rings is 3. The normalized spacial score (nSPS) is 14.6. The van der Waals surface area contributed by atoms with Crippen molar-refractivity contribution in [1.29, 1.82) is 0 Å². The van der Waals surface area contributed by atoms with E-state index in [2.05, 4.69) is 11.0 Å². The van der Waals surface area contributed by atoms with Gasteiger partial charge < -0.3 is 15.4 Å². The zero-order valence-corrected chi connectivity index (χ0v) is 24.5. The fourth-order valence-electron chi connectivity index (χ4n) is 5.65. The summed E-state index contributed by atoms with van der Waals surface area (Å²) in [5.41, 5.74) is 7.77. The molecule has 3 aromatic carbocycles. The molecular weight excluding hydrogens is 552 g/mol. The molecule has 43 heavy (non-hydrogen) atoms. The average Bonchev–Trinajstić information content (AvgIpc) is 3.02. The first-order chi connectivity index (χ1) is 20.8. The molecule has 1 aromatic heterocycles. The van der Waals surface area contributed by atoms with Crippen LogP contribution in [0, 0.1) is 18.6 Å². The van der Waals surface area contributed by atoms with Crippen LogP contribution in [0.1, 0.15) is 28.4 Å². The Labute approximate surface area is 249 Å². The molecule has 2 heterocycles. The lowest BCUT2D eigenvalue weighted by Crippen LogP contribution is -2.52. The molecule has 4 aromatic rings. The Balaban J connectivity index is 1.43. The summed E-state index contributed by atoms with van der Waals surface area (Å²) in [6, 6.07) is 20.2. The fourth-order valence-corrected chi connectivity index (χ4v) is 5.65. The maximum atomic E-state index is 14.7. The Morgan fingerprint density at radius 3 is 2.23 bits per heavy atom. The van der Waals surface area contributed by atoms with Crippen molar-refractivity contribution in [1.82, 2.24) is 14.0 Å². The van der Waals surface area contributed by atoms with Crippen LogP contribution in [0.4, 0.5) is 14.5 Å². The molecule has 10 heteroatoms. The molecule has 0 saturated carbocycles. The second kappa shape index (κ2) is 13.4. The number of piperazine rings is 1. The molecule has 2 N–H and O–H groups in total.